The Morgan fingerprint density at radius 1 is 0.742 bits per heavy atom. The van der Waals surface area contributed by atoms with E-state index in [4.69, 9.17) is 23.2 Å². The van der Waals surface area contributed by atoms with Crippen molar-refractivity contribution in [3.05, 3.63) is 94.2 Å². The monoisotopic (exact) mass is 450 g/mol. The van der Waals surface area contributed by atoms with Gasteiger partial charge >= 0.3 is 0 Å². The predicted molar refractivity (Wildman–Crippen MR) is 128 cm³/mol. The van der Waals surface area contributed by atoms with E-state index in [1.54, 1.807) is 6.07 Å². The maximum atomic E-state index is 6.01. The minimum atomic E-state index is 0.352. The molecule has 0 fully saturated rings. The molecule has 0 N–H and O–H groups in total. The van der Waals surface area contributed by atoms with E-state index in [0.29, 0.717) is 16.2 Å². The molecule has 0 saturated carbocycles. The van der Waals surface area contributed by atoms with Crippen molar-refractivity contribution in [2.24, 2.45) is 0 Å². The Labute approximate surface area is 193 Å². The molecule has 0 amide bonds. The summed E-state index contributed by atoms with van der Waals surface area (Å²) in [6.07, 6.45) is 0.987. The largest absolute Gasteiger partial charge is 0.155 e. The summed E-state index contributed by atoms with van der Waals surface area (Å²) in [4.78, 5) is 0. The van der Waals surface area contributed by atoms with Crippen LogP contribution in [0.5, 0.6) is 0 Å². The Bertz CT molecular complexity index is 1110. The highest BCUT2D eigenvalue weighted by atomic mass is 35.5. The lowest BCUT2D eigenvalue weighted by molar-refractivity contribution is 0.843. The summed E-state index contributed by atoms with van der Waals surface area (Å²) in [6, 6.07) is 23.8. The van der Waals surface area contributed by atoms with E-state index in [0.717, 1.165) is 34.5 Å². The lowest BCUT2D eigenvalue weighted by Crippen LogP contribution is -1.96. The van der Waals surface area contributed by atoms with Crippen molar-refractivity contribution in [3.63, 3.8) is 0 Å². The van der Waals surface area contributed by atoms with Crippen LogP contribution >= 0.6 is 23.2 Å². The first-order chi connectivity index (χ1) is 15.0. The average molecular weight is 451 g/mol. The molecule has 4 nitrogen and oxygen atoms in total. The van der Waals surface area contributed by atoms with E-state index in [2.05, 4.69) is 53.3 Å². The topological polar surface area (TPSA) is 51.6 Å². The fraction of sp³-hybridized carbons (Fsp3) is 0.200. The third-order valence-corrected chi connectivity index (χ3v) is 5.27. The standard InChI is InChI=1S/C13H13ClN2.C12H11ClN2/c1-9(2)11-8-12(15-16-13(11)14)10-6-4-3-5-7-10;1-2-9-5-3-4-6-10(9)11-7-8-12(13)15-14-11/h3-9H,1-2H3;3-8H,2H2,1H3. The SMILES string of the molecule is CC(C)c1cc(-c2ccccc2)nnc1Cl.CCc1ccccc1-c1ccc(Cl)nn1. The number of hydrogen-bond acceptors (Lipinski definition) is 4. The summed E-state index contributed by atoms with van der Waals surface area (Å²) in [5.41, 5.74) is 6.24. The molecule has 0 aliphatic rings. The normalized spacial score (nSPS) is 10.5. The van der Waals surface area contributed by atoms with Gasteiger partial charge in [-0.25, -0.2) is 0 Å². The summed E-state index contributed by atoms with van der Waals surface area (Å²) in [6.45, 7) is 6.32. The third-order valence-electron chi connectivity index (χ3n) is 4.77. The first kappa shape index (κ1) is 22.9. The van der Waals surface area contributed by atoms with Crippen molar-refractivity contribution in [2.75, 3.05) is 0 Å². The number of rotatable bonds is 4. The van der Waals surface area contributed by atoms with Crippen molar-refractivity contribution >= 4 is 23.2 Å². The van der Waals surface area contributed by atoms with Gasteiger partial charge in [0.2, 0.25) is 0 Å². The molecule has 6 heteroatoms. The lowest BCUT2D eigenvalue weighted by atomic mass is 10.0. The highest BCUT2D eigenvalue weighted by molar-refractivity contribution is 6.30. The van der Waals surface area contributed by atoms with Crippen LogP contribution in [-0.2, 0) is 6.42 Å². The van der Waals surface area contributed by atoms with E-state index in [-0.39, 0.29) is 0 Å². The number of nitrogens with zero attached hydrogens (tertiary/aromatic N) is 4. The van der Waals surface area contributed by atoms with Gasteiger partial charge < -0.3 is 0 Å². The van der Waals surface area contributed by atoms with Crippen LogP contribution in [0.25, 0.3) is 22.5 Å². The van der Waals surface area contributed by atoms with Crippen LogP contribution < -0.4 is 0 Å². The molecule has 2 aromatic heterocycles. The first-order valence-electron chi connectivity index (χ1n) is 10.2. The number of hydrogen-bond donors (Lipinski definition) is 0. The molecular weight excluding hydrogens is 427 g/mol. The van der Waals surface area contributed by atoms with Crippen LogP contribution in [0.2, 0.25) is 10.3 Å². The van der Waals surface area contributed by atoms with Gasteiger partial charge in [-0.2, -0.15) is 0 Å². The van der Waals surface area contributed by atoms with Crippen molar-refractivity contribution in [1.82, 2.24) is 20.4 Å². The van der Waals surface area contributed by atoms with Gasteiger partial charge in [-0.05, 0) is 41.7 Å². The molecule has 4 rings (SSSR count). The van der Waals surface area contributed by atoms with Gasteiger partial charge in [-0.3, -0.25) is 0 Å². The number of halogens is 2. The van der Waals surface area contributed by atoms with Gasteiger partial charge in [-0.1, -0.05) is 98.6 Å². The zero-order valence-corrected chi connectivity index (χ0v) is 19.3. The lowest BCUT2D eigenvalue weighted by Gasteiger charge is -2.08. The average Bonchev–Trinajstić information content (AvgIpc) is 2.81. The van der Waals surface area contributed by atoms with Gasteiger partial charge in [-0.15, -0.1) is 20.4 Å². The molecule has 0 radical (unpaired) electrons. The predicted octanol–water partition coefficient (Wildman–Crippen LogP) is 7.28. The smallest absolute Gasteiger partial charge is 0.149 e. The Hall–Kier alpha value is -2.82. The van der Waals surface area contributed by atoms with Crippen molar-refractivity contribution in [1.29, 1.82) is 0 Å². The summed E-state index contributed by atoms with van der Waals surface area (Å²) < 4.78 is 0. The van der Waals surface area contributed by atoms with Crippen molar-refractivity contribution < 1.29 is 0 Å². The molecule has 0 aliphatic heterocycles. The maximum Gasteiger partial charge on any atom is 0.155 e. The maximum absolute atomic E-state index is 6.01. The second-order valence-electron chi connectivity index (χ2n) is 7.25. The Morgan fingerprint density at radius 3 is 2.06 bits per heavy atom. The van der Waals surface area contributed by atoms with Gasteiger partial charge in [0.05, 0.1) is 11.4 Å². The van der Waals surface area contributed by atoms with Crippen molar-refractivity contribution in [2.45, 2.75) is 33.1 Å². The van der Waals surface area contributed by atoms with Crippen LogP contribution in [0.1, 0.15) is 37.8 Å². The first-order valence-corrected chi connectivity index (χ1v) is 10.9. The molecule has 4 aromatic rings. The molecule has 0 saturated heterocycles. The molecule has 0 spiro atoms. The molecule has 0 aliphatic carbocycles. The van der Waals surface area contributed by atoms with E-state index in [1.165, 1.54) is 5.56 Å². The molecular formula is C25H24Cl2N4. The molecule has 158 valence electrons. The Kier molecular flexibility index (Phi) is 8.10. The fourth-order valence-corrected chi connectivity index (χ4v) is 3.50. The van der Waals surface area contributed by atoms with E-state index in [1.807, 2.05) is 54.6 Å². The third kappa shape index (κ3) is 6.09. The molecule has 0 bridgehead atoms. The summed E-state index contributed by atoms with van der Waals surface area (Å²) in [5, 5.41) is 16.9. The van der Waals surface area contributed by atoms with Crippen molar-refractivity contribution in [3.8, 4) is 22.5 Å². The van der Waals surface area contributed by atoms with E-state index >= 15 is 0 Å². The molecule has 0 atom stereocenters. The van der Waals surface area contributed by atoms with E-state index in [9.17, 15) is 0 Å². The van der Waals surface area contributed by atoms with Crippen LogP contribution in [0.15, 0.2) is 72.8 Å². The van der Waals surface area contributed by atoms with Crippen LogP contribution in [0, 0.1) is 0 Å². The van der Waals surface area contributed by atoms with Gasteiger partial charge in [0, 0.05) is 11.1 Å². The Balaban J connectivity index is 0.000000176. The zero-order valence-electron chi connectivity index (χ0n) is 17.8. The number of benzene rings is 2. The number of aromatic nitrogens is 4. The van der Waals surface area contributed by atoms with E-state index < -0.39 is 0 Å². The highest BCUT2D eigenvalue weighted by Crippen LogP contribution is 2.26. The molecule has 2 heterocycles. The quantitative estimate of drug-likeness (QED) is 0.327. The van der Waals surface area contributed by atoms with Crippen LogP contribution in [-0.4, -0.2) is 20.4 Å². The summed E-state index contributed by atoms with van der Waals surface area (Å²) in [7, 11) is 0. The fourth-order valence-electron chi connectivity index (χ4n) is 3.08. The minimum Gasteiger partial charge on any atom is -0.149 e. The second-order valence-corrected chi connectivity index (χ2v) is 7.99. The molecule has 31 heavy (non-hydrogen) atoms. The number of aryl methyl sites for hydroxylation is 1. The highest BCUT2D eigenvalue weighted by Gasteiger charge is 2.09. The molecule has 0 unspecified atom stereocenters. The minimum absolute atomic E-state index is 0.352. The molecule has 2 aromatic carbocycles. The summed E-state index contributed by atoms with van der Waals surface area (Å²) >= 11 is 11.7. The van der Waals surface area contributed by atoms with Crippen LogP contribution in [0.4, 0.5) is 0 Å². The Morgan fingerprint density at radius 2 is 1.42 bits per heavy atom. The van der Waals surface area contributed by atoms with Crippen LogP contribution in [0.3, 0.4) is 0 Å². The second kappa shape index (κ2) is 11.0. The van der Waals surface area contributed by atoms with Gasteiger partial charge in [0.1, 0.15) is 0 Å². The van der Waals surface area contributed by atoms with Gasteiger partial charge in [0.15, 0.2) is 10.3 Å². The summed E-state index contributed by atoms with van der Waals surface area (Å²) in [5.74, 6) is 0.352. The van der Waals surface area contributed by atoms with Gasteiger partial charge in [0.25, 0.3) is 0 Å². The zero-order chi connectivity index (χ0) is 22.2.